The fraction of sp³-hybridized carbons (Fsp3) is 0.667. The first-order valence-electron chi connectivity index (χ1n) is 8.87. The van der Waals surface area contributed by atoms with Gasteiger partial charge in [0.25, 0.3) is 0 Å². The lowest BCUT2D eigenvalue weighted by molar-refractivity contribution is -0.136. The summed E-state index contributed by atoms with van der Waals surface area (Å²) in [6, 6.07) is 3.23. The lowest BCUT2D eigenvalue weighted by atomic mass is 10.0. The van der Waals surface area contributed by atoms with Gasteiger partial charge in [0.2, 0.25) is 5.91 Å². The Balaban J connectivity index is 1.73. The Morgan fingerprint density at radius 2 is 2.12 bits per heavy atom. The van der Waals surface area contributed by atoms with Crippen LogP contribution in [0.4, 0.5) is 4.79 Å². The summed E-state index contributed by atoms with van der Waals surface area (Å²) in [6.45, 7) is 6.55. The maximum Gasteiger partial charge on any atom is 0.315 e. The molecule has 1 saturated heterocycles. The second-order valence-corrected chi connectivity index (χ2v) is 6.74. The Labute approximate surface area is 144 Å². The van der Waals surface area contributed by atoms with Crippen molar-refractivity contribution in [3.8, 4) is 0 Å². The molecular formula is C18H29N3O3. The number of likely N-dealkylation sites (tertiary alicyclic amines) is 1. The number of nitrogens with zero attached hydrogens (tertiary/aromatic N) is 1. The SMILES string of the molecule is CC(CCc1ccco1)NC(=O)NC(C)C(=O)N1CCCCC1C. The van der Waals surface area contributed by atoms with E-state index in [4.69, 9.17) is 4.42 Å². The first-order chi connectivity index (χ1) is 11.5. The second kappa shape index (κ2) is 8.76. The number of rotatable bonds is 6. The average molecular weight is 335 g/mol. The van der Waals surface area contributed by atoms with Gasteiger partial charge in [-0.1, -0.05) is 0 Å². The molecule has 0 radical (unpaired) electrons. The number of piperidine rings is 1. The largest absolute Gasteiger partial charge is 0.469 e. The van der Waals surface area contributed by atoms with Crippen LogP contribution in [0.15, 0.2) is 22.8 Å². The van der Waals surface area contributed by atoms with Gasteiger partial charge < -0.3 is 20.0 Å². The molecule has 2 N–H and O–H groups in total. The zero-order valence-corrected chi connectivity index (χ0v) is 14.9. The topological polar surface area (TPSA) is 74.6 Å². The summed E-state index contributed by atoms with van der Waals surface area (Å²) in [5.41, 5.74) is 0. The van der Waals surface area contributed by atoms with E-state index < -0.39 is 6.04 Å². The molecule has 3 amide bonds. The molecule has 6 nitrogen and oxygen atoms in total. The molecular weight excluding hydrogens is 306 g/mol. The molecule has 0 spiro atoms. The number of carbonyl (C=O) groups is 2. The average Bonchev–Trinajstić information content (AvgIpc) is 3.06. The molecule has 1 aromatic rings. The standard InChI is InChI=1S/C18H29N3O3/c1-13(9-10-16-8-6-12-24-16)19-18(23)20-15(3)17(22)21-11-5-4-7-14(21)2/h6,8,12-15H,4-5,7,9-11H2,1-3H3,(H2,19,20,23). The van der Waals surface area contributed by atoms with Crippen LogP contribution < -0.4 is 10.6 Å². The highest BCUT2D eigenvalue weighted by molar-refractivity contribution is 5.87. The van der Waals surface area contributed by atoms with Gasteiger partial charge in [0.15, 0.2) is 0 Å². The number of carbonyl (C=O) groups excluding carboxylic acids is 2. The third-order valence-corrected chi connectivity index (χ3v) is 4.59. The number of aryl methyl sites for hydroxylation is 1. The molecule has 0 aliphatic carbocycles. The van der Waals surface area contributed by atoms with E-state index in [1.54, 1.807) is 13.2 Å². The number of nitrogens with one attached hydrogen (secondary N) is 2. The summed E-state index contributed by atoms with van der Waals surface area (Å²) in [7, 11) is 0. The summed E-state index contributed by atoms with van der Waals surface area (Å²) in [5, 5.41) is 5.64. The molecule has 134 valence electrons. The van der Waals surface area contributed by atoms with Crippen molar-refractivity contribution in [1.29, 1.82) is 0 Å². The fourth-order valence-electron chi connectivity index (χ4n) is 3.08. The zero-order valence-electron chi connectivity index (χ0n) is 14.9. The van der Waals surface area contributed by atoms with Crippen LogP contribution in [0.2, 0.25) is 0 Å². The van der Waals surface area contributed by atoms with Gasteiger partial charge in [0.05, 0.1) is 6.26 Å². The second-order valence-electron chi connectivity index (χ2n) is 6.74. The van der Waals surface area contributed by atoms with E-state index in [9.17, 15) is 9.59 Å². The normalized spacial score (nSPS) is 20.3. The van der Waals surface area contributed by atoms with Crippen molar-refractivity contribution in [2.24, 2.45) is 0 Å². The Bertz CT molecular complexity index is 530. The van der Waals surface area contributed by atoms with E-state index in [0.717, 1.165) is 38.0 Å². The predicted octanol–water partition coefficient (Wildman–Crippen LogP) is 2.69. The van der Waals surface area contributed by atoms with Gasteiger partial charge in [0, 0.05) is 25.0 Å². The maximum atomic E-state index is 12.5. The van der Waals surface area contributed by atoms with Crippen molar-refractivity contribution in [3.63, 3.8) is 0 Å². The minimum atomic E-state index is -0.511. The minimum Gasteiger partial charge on any atom is -0.469 e. The number of furan rings is 1. The molecule has 1 aliphatic heterocycles. The fourth-order valence-corrected chi connectivity index (χ4v) is 3.08. The molecule has 6 heteroatoms. The molecule has 0 bridgehead atoms. The summed E-state index contributed by atoms with van der Waals surface area (Å²) in [6.07, 6.45) is 6.45. The zero-order chi connectivity index (χ0) is 17.5. The van der Waals surface area contributed by atoms with E-state index in [1.165, 1.54) is 6.42 Å². The highest BCUT2D eigenvalue weighted by Gasteiger charge is 2.27. The van der Waals surface area contributed by atoms with Crippen LogP contribution in [0, 0.1) is 0 Å². The molecule has 0 saturated carbocycles. The Hall–Kier alpha value is -1.98. The van der Waals surface area contributed by atoms with Gasteiger partial charge >= 0.3 is 6.03 Å². The molecule has 2 rings (SSSR count). The van der Waals surface area contributed by atoms with E-state index in [2.05, 4.69) is 17.6 Å². The van der Waals surface area contributed by atoms with Gasteiger partial charge in [-0.3, -0.25) is 4.79 Å². The molecule has 1 fully saturated rings. The predicted molar refractivity (Wildman–Crippen MR) is 92.6 cm³/mol. The number of amides is 3. The van der Waals surface area contributed by atoms with Crippen LogP contribution in [0.1, 0.15) is 52.2 Å². The number of hydrogen-bond donors (Lipinski definition) is 2. The highest BCUT2D eigenvalue weighted by Crippen LogP contribution is 2.17. The van der Waals surface area contributed by atoms with Gasteiger partial charge in [-0.2, -0.15) is 0 Å². The van der Waals surface area contributed by atoms with Crippen molar-refractivity contribution < 1.29 is 14.0 Å². The molecule has 3 unspecified atom stereocenters. The Kier molecular flexibility index (Phi) is 6.70. The van der Waals surface area contributed by atoms with Crippen LogP contribution in [-0.4, -0.2) is 41.5 Å². The summed E-state index contributed by atoms with van der Waals surface area (Å²) in [4.78, 5) is 26.4. The first kappa shape index (κ1) is 18.4. The van der Waals surface area contributed by atoms with Gasteiger partial charge in [0.1, 0.15) is 11.8 Å². The van der Waals surface area contributed by atoms with E-state index in [1.807, 2.05) is 24.0 Å². The van der Waals surface area contributed by atoms with E-state index >= 15 is 0 Å². The van der Waals surface area contributed by atoms with Crippen LogP contribution in [0.5, 0.6) is 0 Å². The highest BCUT2D eigenvalue weighted by atomic mass is 16.3. The van der Waals surface area contributed by atoms with Gasteiger partial charge in [-0.15, -0.1) is 0 Å². The van der Waals surface area contributed by atoms with Crippen molar-refractivity contribution in [1.82, 2.24) is 15.5 Å². The summed E-state index contributed by atoms with van der Waals surface area (Å²) in [5.74, 6) is 0.910. The first-order valence-corrected chi connectivity index (χ1v) is 8.87. The molecule has 0 aromatic carbocycles. The maximum absolute atomic E-state index is 12.5. The lowest BCUT2D eigenvalue weighted by Crippen LogP contribution is -2.54. The van der Waals surface area contributed by atoms with Crippen molar-refractivity contribution in [2.75, 3.05) is 6.54 Å². The van der Waals surface area contributed by atoms with E-state index in [-0.39, 0.29) is 24.0 Å². The van der Waals surface area contributed by atoms with Crippen molar-refractivity contribution in [2.45, 2.75) is 71.0 Å². The smallest absolute Gasteiger partial charge is 0.315 e. The Morgan fingerprint density at radius 3 is 2.79 bits per heavy atom. The third kappa shape index (κ3) is 5.28. The quantitative estimate of drug-likeness (QED) is 0.839. The molecule has 24 heavy (non-hydrogen) atoms. The van der Waals surface area contributed by atoms with Gasteiger partial charge in [-0.25, -0.2) is 4.79 Å². The Morgan fingerprint density at radius 1 is 1.33 bits per heavy atom. The van der Waals surface area contributed by atoms with Crippen LogP contribution in [-0.2, 0) is 11.2 Å². The number of hydrogen-bond acceptors (Lipinski definition) is 3. The summed E-state index contributed by atoms with van der Waals surface area (Å²) < 4.78 is 5.28. The van der Waals surface area contributed by atoms with Crippen LogP contribution in [0.3, 0.4) is 0 Å². The summed E-state index contributed by atoms with van der Waals surface area (Å²) >= 11 is 0. The van der Waals surface area contributed by atoms with Crippen LogP contribution in [0.25, 0.3) is 0 Å². The van der Waals surface area contributed by atoms with Crippen molar-refractivity contribution >= 4 is 11.9 Å². The van der Waals surface area contributed by atoms with Gasteiger partial charge in [-0.05, 0) is 58.6 Å². The third-order valence-electron chi connectivity index (χ3n) is 4.59. The monoisotopic (exact) mass is 335 g/mol. The molecule has 1 aliphatic rings. The molecule has 2 heterocycles. The lowest BCUT2D eigenvalue weighted by Gasteiger charge is -2.35. The van der Waals surface area contributed by atoms with Crippen molar-refractivity contribution in [3.05, 3.63) is 24.2 Å². The molecule has 3 atom stereocenters. The van der Waals surface area contributed by atoms with E-state index in [0.29, 0.717) is 0 Å². The molecule has 1 aromatic heterocycles. The number of urea groups is 1. The van der Waals surface area contributed by atoms with Crippen LogP contribution >= 0.6 is 0 Å². The minimum absolute atomic E-state index is 0.000545.